The fourth-order valence-corrected chi connectivity index (χ4v) is 4.75. The minimum absolute atomic E-state index is 0.00257. The number of halogens is 1. The van der Waals surface area contributed by atoms with Crippen molar-refractivity contribution in [1.29, 1.82) is 0 Å². The van der Waals surface area contributed by atoms with Crippen molar-refractivity contribution in [3.8, 4) is 23.0 Å². The number of nitrogens with one attached hydrogen (secondary N) is 1. The zero-order valence-electron chi connectivity index (χ0n) is 21.8. The summed E-state index contributed by atoms with van der Waals surface area (Å²) < 4.78 is 21.5. The zero-order chi connectivity index (χ0) is 27.2. The van der Waals surface area contributed by atoms with E-state index in [1.165, 1.54) is 27.5 Å². The minimum atomic E-state index is -0.328. The van der Waals surface area contributed by atoms with Gasteiger partial charge in [-0.05, 0) is 42.7 Å². The van der Waals surface area contributed by atoms with E-state index in [1.807, 2.05) is 11.0 Å². The third-order valence-electron chi connectivity index (χ3n) is 6.47. The predicted molar refractivity (Wildman–Crippen MR) is 144 cm³/mol. The van der Waals surface area contributed by atoms with Gasteiger partial charge >= 0.3 is 0 Å². The molecule has 11 heteroatoms. The van der Waals surface area contributed by atoms with Gasteiger partial charge < -0.3 is 34.3 Å². The Labute approximate surface area is 226 Å². The lowest BCUT2D eigenvalue weighted by atomic mass is 10.0. The van der Waals surface area contributed by atoms with Gasteiger partial charge in [-0.15, -0.1) is 0 Å². The van der Waals surface area contributed by atoms with Crippen LogP contribution in [0.3, 0.4) is 0 Å². The van der Waals surface area contributed by atoms with Gasteiger partial charge in [0.1, 0.15) is 11.6 Å². The molecule has 2 heterocycles. The summed E-state index contributed by atoms with van der Waals surface area (Å²) in [4.78, 5) is 24.9. The first kappa shape index (κ1) is 27.3. The summed E-state index contributed by atoms with van der Waals surface area (Å²) in [6, 6.07) is 8.56. The molecule has 1 atom stereocenters. The Bertz CT molecular complexity index is 1280. The Morgan fingerprint density at radius 1 is 1.08 bits per heavy atom. The quantitative estimate of drug-likeness (QED) is 0.345. The minimum Gasteiger partial charge on any atom is -0.495 e. The standard InChI is InChI=1S/C27H31ClN4O6/c1-35-21-8-7-16(10-20(21)28)13-29-26-19(14-30-27(31-26)32-9-5-6-18(32)15-33)24(34)17-11-22(36-2)25(38-4)23(12-17)37-3/h7-8,10-12,14,18,33H,5-6,9,13,15H2,1-4H3,(H,29,30,31)/t18-/m0/s1. The van der Waals surface area contributed by atoms with E-state index < -0.39 is 0 Å². The molecule has 1 aliphatic rings. The van der Waals surface area contributed by atoms with Crippen molar-refractivity contribution in [2.75, 3.05) is 51.8 Å². The van der Waals surface area contributed by atoms with Crippen molar-refractivity contribution < 1.29 is 28.8 Å². The van der Waals surface area contributed by atoms with Crippen LogP contribution in [-0.4, -0.2) is 68.5 Å². The van der Waals surface area contributed by atoms with E-state index in [4.69, 9.17) is 35.5 Å². The third kappa shape index (κ3) is 5.56. The Morgan fingerprint density at radius 2 is 1.79 bits per heavy atom. The lowest BCUT2D eigenvalue weighted by molar-refractivity contribution is 0.103. The molecule has 1 aromatic heterocycles. The number of benzene rings is 2. The van der Waals surface area contributed by atoms with E-state index in [2.05, 4.69) is 10.3 Å². The molecular formula is C27H31ClN4O6. The number of hydrogen-bond acceptors (Lipinski definition) is 10. The van der Waals surface area contributed by atoms with E-state index in [-0.39, 0.29) is 24.0 Å². The van der Waals surface area contributed by atoms with Crippen LogP contribution in [0, 0.1) is 0 Å². The summed E-state index contributed by atoms with van der Waals surface area (Å²) in [5.41, 5.74) is 1.46. The van der Waals surface area contributed by atoms with Crippen molar-refractivity contribution in [2.45, 2.75) is 25.4 Å². The molecule has 0 aliphatic carbocycles. The second-order valence-corrected chi connectivity index (χ2v) is 9.08. The number of carbonyl (C=O) groups is 1. The first-order valence-electron chi connectivity index (χ1n) is 12.1. The fourth-order valence-electron chi connectivity index (χ4n) is 4.47. The van der Waals surface area contributed by atoms with Crippen LogP contribution in [0.5, 0.6) is 23.0 Å². The fraction of sp³-hybridized carbons (Fsp3) is 0.370. The molecule has 10 nitrogen and oxygen atoms in total. The maximum atomic E-state index is 13.7. The lowest BCUT2D eigenvalue weighted by Gasteiger charge is -2.24. The molecule has 1 aliphatic heterocycles. The summed E-state index contributed by atoms with van der Waals surface area (Å²) in [5.74, 6) is 2.14. The molecule has 2 N–H and O–H groups in total. The molecule has 2 aromatic carbocycles. The van der Waals surface area contributed by atoms with Crippen molar-refractivity contribution in [3.05, 3.63) is 58.2 Å². The zero-order valence-corrected chi connectivity index (χ0v) is 22.5. The molecule has 0 bridgehead atoms. The van der Waals surface area contributed by atoms with Crippen molar-refractivity contribution >= 4 is 29.2 Å². The van der Waals surface area contributed by atoms with Crippen molar-refractivity contribution in [2.24, 2.45) is 0 Å². The Hall–Kier alpha value is -3.76. The van der Waals surface area contributed by atoms with Gasteiger partial charge in [0.25, 0.3) is 0 Å². The molecule has 202 valence electrons. The smallest absolute Gasteiger partial charge is 0.227 e. The average molecular weight is 543 g/mol. The number of aliphatic hydroxyl groups is 1. The van der Waals surface area contributed by atoms with Gasteiger partial charge in [0, 0.05) is 24.8 Å². The maximum Gasteiger partial charge on any atom is 0.227 e. The number of anilines is 2. The molecule has 0 unspecified atom stereocenters. The summed E-state index contributed by atoms with van der Waals surface area (Å²) in [7, 11) is 6.04. The maximum absolute atomic E-state index is 13.7. The van der Waals surface area contributed by atoms with Crippen LogP contribution in [0.2, 0.25) is 5.02 Å². The summed E-state index contributed by atoms with van der Waals surface area (Å²) >= 11 is 6.30. The van der Waals surface area contributed by atoms with Gasteiger partial charge in [-0.25, -0.2) is 4.98 Å². The van der Waals surface area contributed by atoms with Crippen LogP contribution in [0.15, 0.2) is 36.5 Å². The molecule has 4 rings (SSSR count). The number of hydrogen-bond donors (Lipinski definition) is 2. The molecule has 0 amide bonds. The summed E-state index contributed by atoms with van der Waals surface area (Å²) in [6.07, 6.45) is 3.27. The van der Waals surface area contributed by atoms with Gasteiger partial charge in [0.2, 0.25) is 11.7 Å². The number of carbonyl (C=O) groups excluding carboxylic acids is 1. The summed E-state index contributed by atoms with van der Waals surface area (Å²) in [6.45, 7) is 1.07. The molecule has 38 heavy (non-hydrogen) atoms. The Morgan fingerprint density at radius 3 is 2.39 bits per heavy atom. The van der Waals surface area contributed by atoms with E-state index in [0.29, 0.717) is 51.9 Å². The number of ketones is 1. The second-order valence-electron chi connectivity index (χ2n) is 8.67. The van der Waals surface area contributed by atoms with Gasteiger partial charge in [0.05, 0.1) is 51.7 Å². The van der Waals surface area contributed by atoms with E-state index in [0.717, 1.165) is 24.9 Å². The van der Waals surface area contributed by atoms with Gasteiger partial charge in [-0.1, -0.05) is 17.7 Å². The van der Waals surface area contributed by atoms with Crippen LogP contribution in [0.25, 0.3) is 0 Å². The lowest BCUT2D eigenvalue weighted by Crippen LogP contribution is -2.33. The average Bonchev–Trinajstić information content (AvgIpc) is 3.43. The molecular weight excluding hydrogens is 512 g/mol. The largest absolute Gasteiger partial charge is 0.495 e. The highest BCUT2D eigenvalue weighted by atomic mass is 35.5. The first-order chi connectivity index (χ1) is 18.4. The Kier molecular flexibility index (Phi) is 8.75. The van der Waals surface area contributed by atoms with Crippen LogP contribution >= 0.6 is 11.6 Å². The van der Waals surface area contributed by atoms with Crippen molar-refractivity contribution in [1.82, 2.24) is 9.97 Å². The first-order valence-corrected chi connectivity index (χ1v) is 12.5. The monoisotopic (exact) mass is 542 g/mol. The van der Waals surface area contributed by atoms with E-state index in [9.17, 15) is 9.90 Å². The molecule has 0 spiro atoms. The number of aliphatic hydroxyl groups excluding tert-OH is 1. The van der Waals surface area contributed by atoms with Gasteiger partial charge in [0.15, 0.2) is 17.3 Å². The molecule has 0 saturated carbocycles. The SMILES string of the molecule is COc1ccc(CNc2nc(N3CCC[C@H]3CO)ncc2C(=O)c2cc(OC)c(OC)c(OC)c2)cc1Cl. The van der Waals surface area contributed by atoms with Crippen LogP contribution < -0.4 is 29.2 Å². The highest BCUT2D eigenvalue weighted by molar-refractivity contribution is 6.32. The van der Waals surface area contributed by atoms with Gasteiger partial charge in [-0.2, -0.15) is 4.98 Å². The molecule has 1 fully saturated rings. The predicted octanol–water partition coefficient (Wildman–Crippen LogP) is 3.97. The van der Waals surface area contributed by atoms with Crippen LogP contribution in [-0.2, 0) is 6.54 Å². The van der Waals surface area contributed by atoms with Gasteiger partial charge in [-0.3, -0.25) is 4.79 Å². The topological polar surface area (TPSA) is 115 Å². The number of rotatable bonds is 11. The highest BCUT2D eigenvalue weighted by Crippen LogP contribution is 2.39. The normalized spacial score (nSPS) is 14.8. The second kappa shape index (κ2) is 12.2. The highest BCUT2D eigenvalue weighted by Gasteiger charge is 2.28. The van der Waals surface area contributed by atoms with Crippen LogP contribution in [0.1, 0.15) is 34.3 Å². The van der Waals surface area contributed by atoms with Crippen LogP contribution in [0.4, 0.5) is 11.8 Å². The molecule has 0 radical (unpaired) electrons. The number of methoxy groups -OCH3 is 4. The number of nitrogens with zero attached hydrogens (tertiary/aromatic N) is 3. The number of ether oxygens (including phenoxy) is 4. The van der Waals surface area contributed by atoms with E-state index >= 15 is 0 Å². The molecule has 1 saturated heterocycles. The number of aromatic nitrogens is 2. The Balaban J connectivity index is 1.72. The third-order valence-corrected chi connectivity index (χ3v) is 6.76. The van der Waals surface area contributed by atoms with E-state index in [1.54, 1.807) is 31.4 Å². The van der Waals surface area contributed by atoms with Crippen molar-refractivity contribution in [3.63, 3.8) is 0 Å². The summed E-state index contributed by atoms with van der Waals surface area (Å²) in [5, 5.41) is 13.5. The molecule has 3 aromatic rings.